The van der Waals surface area contributed by atoms with Crippen molar-refractivity contribution >= 4 is 55.8 Å². The third kappa shape index (κ3) is 2.65. The predicted molar refractivity (Wildman–Crippen MR) is 84.0 cm³/mol. The van der Waals surface area contributed by atoms with E-state index in [-0.39, 0.29) is 5.13 Å². The van der Waals surface area contributed by atoms with Crippen LogP contribution in [0.2, 0.25) is 10.0 Å². The lowest BCUT2D eigenvalue weighted by Crippen LogP contribution is -2.15. The Kier molecular flexibility index (Phi) is 3.99. The van der Waals surface area contributed by atoms with E-state index < -0.39 is 23.1 Å². The van der Waals surface area contributed by atoms with E-state index in [0.717, 1.165) is 23.5 Å². The highest BCUT2D eigenvalue weighted by Gasteiger charge is 2.19. The lowest BCUT2D eigenvalue weighted by Gasteiger charge is -2.03. The summed E-state index contributed by atoms with van der Waals surface area (Å²) < 4.78 is 27.7. The zero-order chi connectivity index (χ0) is 15.9. The number of hydrogen-bond acceptors (Lipinski definition) is 3. The molecule has 1 heterocycles. The van der Waals surface area contributed by atoms with Gasteiger partial charge in [0.05, 0.1) is 14.7 Å². The van der Waals surface area contributed by atoms with Gasteiger partial charge in [0.1, 0.15) is 22.7 Å². The molecule has 1 N–H and O–H groups in total. The van der Waals surface area contributed by atoms with Crippen molar-refractivity contribution in [1.29, 1.82) is 0 Å². The van der Waals surface area contributed by atoms with E-state index in [1.54, 1.807) is 12.1 Å². The van der Waals surface area contributed by atoms with Gasteiger partial charge in [-0.1, -0.05) is 40.6 Å². The van der Waals surface area contributed by atoms with E-state index in [1.165, 1.54) is 6.07 Å². The van der Waals surface area contributed by atoms with Gasteiger partial charge in [-0.05, 0) is 24.3 Å². The quantitative estimate of drug-likeness (QED) is 0.689. The summed E-state index contributed by atoms with van der Waals surface area (Å²) >= 11 is 13.1. The van der Waals surface area contributed by atoms with Gasteiger partial charge in [-0.25, -0.2) is 13.8 Å². The van der Waals surface area contributed by atoms with Crippen LogP contribution in [0, 0.1) is 11.6 Å². The van der Waals surface area contributed by atoms with Crippen molar-refractivity contribution in [3.63, 3.8) is 0 Å². The number of nitrogens with one attached hydrogen (secondary N) is 1. The van der Waals surface area contributed by atoms with E-state index >= 15 is 0 Å². The number of hydrogen-bond donors (Lipinski definition) is 1. The van der Waals surface area contributed by atoms with E-state index in [4.69, 9.17) is 23.2 Å². The molecule has 1 amide bonds. The van der Waals surface area contributed by atoms with E-state index in [0.29, 0.717) is 20.3 Å². The first-order valence-electron chi connectivity index (χ1n) is 5.97. The number of carbonyl (C=O) groups excluding carboxylic acids is 1. The van der Waals surface area contributed by atoms with Gasteiger partial charge in [-0.15, -0.1) is 0 Å². The zero-order valence-corrected chi connectivity index (χ0v) is 13.0. The number of nitrogens with zero attached hydrogens (tertiary/aromatic N) is 1. The monoisotopic (exact) mass is 358 g/mol. The Morgan fingerprint density at radius 1 is 1.09 bits per heavy atom. The molecule has 0 aliphatic rings. The molecular weight excluding hydrogens is 353 g/mol. The van der Waals surface area contributed by atoms with Crippen LogP contribution in [0.15, 0.2) is 30.3 Å². The number of amides is 1. The molecule has 2 aromatic carbocycles. The summed E-state index contributed by atoms with van der Waals surface area (Å²) in [5, 5.41) is 3.30. The molecule has 3 aromatic rings. The molecule has 0 aliphatic carbocycles. The molecule has 0 fully saturated rings. The van der Waals surface area contributed by atoms with Crippen LogP contribution >= 0.6 is 34.5 Å². The highest BCUT2D eigenvalue weighted by atomic mass is 35.5. The van der Waals surface area contributed by atoms with Crippen molar-refractivity contribution in [2.24, 2.45) is 0 Å². The van der Waals surface area contributed by atoms with Crippen LogP contribution in [0.4, 0.5) is 13.9 Å². The Morgan fingerprint density at radius 2 is 1.73 bits per heavy atom. The summed E-state index contributed by atoms with van der Waals surface area (Å²) in [5.74, 6) is -2.83. The Balaban J connectivity index is 1.98. The van der Waals surface area contributed by atoms with Crippen molar-refractivity contribution in [2.75, 3.05) is 5.32 Å². The summed E-state index contributed by atoms with van der Waals surface area (Å²) in [6, 6.07) is 6.37. The molecule has 0 saturated carbocycles. The highest BCUT2D eigenvalue weighted by molar-refractivity contribution is 7.23. The second-order valence-electron chi connectivity index (χ2n) is 4.28. The molecular formula is C14H6Cl2F2N2OS. The molecule has 0 unspecified atom stereocenters. The Hall–Kier alpha value is -1.76. The fourth-order valence-electron chi connectivity index (χ4n) is 1.87. The molecule has 22 heavy (non-hydrogen) atoms. The van der Waals surface area contributed by atoms with Crippen molar-refractivity contribution < 1.29 is 13.6 Å². The minimum absolute atomic E-state index is 0.151. The van der Waals surface area contributed by atoms with Crippen LogP contribution in [0.1, 0.15) is 10.4 Å². The topological polar surface area (TPSA) is 42.0 Å². The Bertz CT molecular complexity index is 839. The normalized spacial score (nSPS) is 10.9. The Labute approximate surface area is 137 Å². The molecule has 112 valence electrons. The number of aromatic nitrogens is 1. The van der Waals surface area contributed by atoms with Gasteiger partial charge in [0, 0.05) is 0 Å². The lowest BCUT2D eigenvalue weighted by atomic mass is 10.2. The molecule has 8 heteroatoms. The van der Waals surface area contributed by atoms with Gasteiger partial charge < -0.3 is 0 Å². The van der Waals surface area contributed by atoms with E-state index in [1.807, 2.05) is 0 Å². The van der Waals surface area contributed by atoms with Crippen molar-refractivity contribution in [2.45, 2.75) is 0 Å². The minimum Gasteiger partial charge on any atom is -0.298 e. The fourth-order valence-corrected chi connectivity index (χ4v) is 3.29. The van der Waals surface area contributed by atoms with Crippen LogP contribution in [0.3, 0.4) is 0 Å². The van der Waals surface area contributed by atoms with Gasteiger partial charge in [-0.3, -0.25) is 10.1 Å². The second-order valence-corrected chi connectivity index (χ2v) is 6.09. The molecule has 3 rings (SSSR count). The van der Waals surface area contributed by atoms with Crippen LogP contribution in [0.25, 0.3) is 10.2 Å². The van der Waals surface area contributed by atoms with Crippen molar-refractivity contribution in [3.8, 4) is 0 Å². The second kappa shape index (κ2) is 5.79. The van der Waals surface area contributed by atoms with Crippen LogP contribution in [-0.4, -0.2) is 10.9 Å². The summed E-state index contributed by atoms with van der Waals surface area (Å²) in [4.78, 5) is 16.1. The summed E-state index contributed by atoms with van der Waals surface area (Å²) in [5.41, 5.74) is -0.248. The summed E-state index contributed by atoms with van der Waals surface area (Å²) in [6.07, 6.45) is 0. The number of fused-ring (bicyclic) bond motifs is 1. The third-order valence-corrected chi connectivity index (χ3v) is 4.59. The molecule has 0 aliphatic heterocycles. The molecule has 0 spiro atoms. The first-order chi connectivity index (χ1) is 10.5. The molecule has 0 bridgehead atoms. The number of anilines is 1. The van der Waals surface area contributed by atoms with E-state index in [9.17, 15) is 13.6 Å². The van der Waals surface area contributed by atoms with Gasteiger partial charge in [0.2, 0.25) is 0 Å². The minimum atomic E-state index is -0.949. The molecule has 0 saturated heterocycles. The highest BCUT2D eigenvalue weighted by Crippen LogP contribution is 2.36. The SMILES string of the molecule is O=C(Nc1nc2c(Cl)ccc(Cl)c2s1)c1c(F)cccc1F. The largest absolute Gasteiger partial charge is 0.298 e. The molecule has 3 nitrogen and oxygen atoms in total. The van der Waals surface area contributed by atoms with Crippen LogP contribution in [-0.2, 0) is 0 Å². The van der Waals surface area contributed by atoms with Gasteiger partial charge in [0.25, 0.3) is 5.91 Å². The number of halogens is 4. The van der Waals surface area contributed by atoms with E-state index in [2.05, 4.69) is 10.3 Å². The summed E-state index contributed by atoms with van der Waals surface area (Å²) in [7, 11) is 0. The number of thiazole rings is 1. The molecule has 0 radical (unpaired) electrons. The number of carbonyl (C=O) groups is 1. The average Bonchev–Trinajstić information content (AvgIpc) is 2.88. The van der Waals surface area contributed by atoms with Crippen LogP contribution < -0.4 is 5.32 Å². The van der Waals surface area contributed by atoms with Crippen molar-refractivity contribution in [3.05, 3.63) is 57.6 Å². The smallest absolute Gasteiger partial charge is 0.263 e. The summed E-state index contributed by atoms with van der Waals surface area (Å²) in [6.45, 7) is 0. The van der Waals surface area contributed by atoms with Gasteiger partial charge in [-0.2, -0.15) is 0 Å². The Morgan fingerprint density at radius 3 is 2.36 bits per heavy atom. The number of benzene rings is 2. The third-order valence-electron chi connectivity index (χ3n) is 2.86. The van der Waals surface area contributed by atoms with Gasteiger partial charge in [0.15, 0.2) is 5.13 Å². The first-order valence-corrected chi connectivity index (χ1v) is 7.54. The predicted octanol–water partition coefficient (Wildman–Crippen LogP) is 5.13. The standard InChI is InChI=1S/C14H6Cl2F2N2OS/c15-6-4-5-7(16)12-11(6)19-14(22-12)20-13(21)10-8(17)2-1-3-9(10)18/h1-5H,(H,19,20,21). The lowest BCUT2D eigenvalue weighted by molar-refractivity contribution is 0.101. The molecule has 1 aromatic heterocycles. The maximum atomic E-state index is 13.6. The van der Waals surface area contributed by atoms with Crippen molar-refractivity contribution in [1.82, 2.24) is 4.98 Å². The number of rotatable bonds is 2. The van der Waals surface area contributed by atoms with Gasteiger partial charge >= 0.3 is 0 Å². The van der Waals surface area contributed by atoms with Crippen LogP contribution in [0.5, 0.6) is 0 Å². The fraction of sp³-hybridized carbons (Fsp3) is 0. The average molecular weight is 359 g/mol. The molecule has 0 atom stereocenters. The first kappa shape index (κ1) is 15.1. The zero-order valence-electron chi connectivity index (χ0n) is 10.7. The maximum absolute atomic E-state index is 13.6. The maximum Gasteiger partial charge on any atom is 0.263 e.